The number of amides is 1. The first-order valence-corrected chi connectivity index (χ1v) is 7.77. The van der Waals surface area contributed by atoms with Crippen molar-refractivity contribution in [2.45, 2.75) is 19.4 Å². The van der Waals surface area contributed by atoms with Crippen molar-refractivity contribution in [3.63, 3.8) is 0 Å². The third kappa shape index (κ3) is 3.71. The molecule has 2 aromatic carbocycles. The average molecular weight is 344 g/mol. The Morgan fingerprint density at radius 1 is 1.28 bits per heavy atom. The second-order valence-corrected chi connectivity index (χ2v) is 5.82. The van der Waals surface area contributed by atoms with E-state index in [4.69, 9.17) is 15.6 Å². The molecule has 0 saturated heterocycles. The number of anilines is 1. The number of aliphatic carboxylic acids is 1. The molecule has 1 amide bonds. The molecular weight excluding hydrogens is 327 g/mol. The summed E-state index contributed by atoms with van der Waals surface area (Å²) in [5.74, 6) is -0.945. The smallest absolute Gasteiger partial charge is 0.305 e. The highest BCUT2D eigenvalue weighted by molar-refractivity contribution is 5.81. The molecule has 6 nitrogen and oxygen atoms in total. The lowest BCUT2D eigenvalue weighted by molar-refractivity contribution is -0.138. The number of hydrogen-bond donors (Lipinski definition) is 2. The number of nitrogen functional groups attached to an aromatic ring is 1. The zero-order valence-electron chi connectivity index (χ0n) is 13.4. The molecule has 0 saturated carbocycles. The van der Waals surface area contributed by atoms with Gasteiger partial charge >= 0.3 is 5.97 Å². The van der Waals surface area contributed by atoms with E-state index >= 15 is 0 Å². The molecule has 3 N–H and O–H groups in total. The lowest BCUT2D eigenvalue weighted by Crippen LogP contribution is -2.37. The van der Waals surface area contributed by atoms with Crippen LogP contribution in [0.25, 0.3) is 0 Å². The van der Waals surface area contributed by atoms with Crippen molar-refractivity contribution in [2.24, 2.45) is 0 Å². The van der Waals surface area contributed by atoms with Gasteiger partial charge in [0.25, 0.3) is 0 Å². The maximum absolute atomic E-state index is 13.5. The summed E-state index contributed by atoms with van der Waals surface area (Å²) in [6.07, 6.45) is 0.0892. The maximum atomic E-state index is 13.5. The summed E-state index contributed by atoms with van der Waals surface area (Å²) in [7, 11) is 0. The Kier molecular flexibility index (Phi) is 4.56. The maximum Gasteiger partial charge on any atom is 0.305 e. The summed E-state index contributed by atoms with van der Waals surface area (Å²) < 4.78 is 19.1. The summed E-state index contributed by atoms with van der Waals surface area (Å²) in [6.45, 7) is 0.551. The first-order valence-electron chi connectivity index (χ1n) is 7.77. The molecule has 25 heavy (non-hydrogen) atoms. The van der Waals surface area contributed by atoms with Crippen LogP contribution in [0.2, 0.25) is 0 Å². The van der Waals surface area contributed by atoms with E-state index in [2.05, 4.69) is 0 Å². The number of para-hydroxylation sites is 1. The van der Waals surface area contributed by atoms with Crippen LogP contribution in [0.15, 0.2) is 36.4 Å². The number of carbonyl (C=O) groups excluding carboxylic acids is 1. The van der Waals surface area contributed by atoms with Gasteiger partial charge in [-0.3, -0.25) is 9.59 Å². The van der Waals surface area contributed by atoms with E-state index in [9.17, 15) is 14.0 Å². The molecule has 0 aromatic heterocycles. The second-order valence-electron chi connectivity index (χ2n) is 5.82. The molecule has 0 unspecified atom stereocenters. The molecule has 1 heterocycles. The summed E-state index contributed by atoms with van der Waals surface area (Å²) in [4.78, 5) is 24.4. The quantitative estimate of drug-likeness (QED) is 0.813. The van der Waals surface area contributed by atoms with Crippen molar-refractivity contribution < 1.29 is 23.8 Å². The van der Waals surface area contributed by atoms with Gasteiger partial charge in [-0.2, -0.15) is 0 Å². The topological polar surface area (TPSA) is 92.9 Å². The first kappa shape index (κ1) is 16.8. The van der Waals surface area contributed by atoms with Crippen LogP contribution in [-0.2, 0) is 22.6 Å². The van der Waals surface area contributed by atoms with E-state index in [-0.39, 0.29) is 36.7 Å². The van der Waals surface area contributed by atoms with E-state index in [0.29, 0.717) is 12.3 Å². The fraction of sp³-hybridized carbons (Fsp3) is 0.222. The predicted octanol–water partition coefficient (Wildman–Crippen LogP) is 2.56. The van der Waals surface area contributed by atoms with E-state index in [1.807, 2.05) is 6.07 Å². The number of ether oxygens (including phenoxy) is 1. The first-order chi connectivity index (χ1) is 11.9. The number of nitrogens with zero attached hydrogens (tertiary/aromatic N) is 1. The Morgan fingerprint density at radius 2 is 2.08 bits per heavy atom. The number of benzene rings is 2. The average Bonchev–Trinajstić information content (AvgIpc) is 2.57. The van der Waals surface area contributed by atoms with E-state index in [1.165, 1.54) is 17.0 Å². The third-order valence-electron chi connectivity index (χ3n) is 4.07. The van der Waals surface area contributed by atoms with Crippen molar-refractivity contribution in [3.05, 3.63) is 53.3 Å². The fourth-order valence-electron chi connectivity index (χ4n) is 2.72. The molecule has 0 atom stereocenters. The monoisotopic (exact) mass is 344 g/mol. The van der Waals surface area contributed by atoms with Crippen LogP contribution in [-0.4, -0.2) is 28.4 Å². The number of halogens is 1. The molecule has 3 rings (SSSR count). The van der Waals surface area contributed by atoms with Crippen LogP contribution < -0.4 is 10.5 Å². The molecule has 0 fully saturated rings. The van der Waals surface area contributed by atoms with Gasteiger partial charge in [0.05, 0.1) is 12.8 Å². The number of carboxylic acid groups (broad SMARTS) is 1. The van der Waals surface area contributed by atoms with Crippen molar-refractivity contribution in [1.29, 1.82) is 0 Å². The van der Waals surface area contributed by atoms with E-state index < -0.39 is 11.8 Å². The second kappa shape index (κ2) is 6.80. The molecule has 1 aliphatic heterocycles. The van der Waals surface area contributed by atoms with Gasteiger partial charge in [0.15, 0.2) is 5.75 Å². The van der Waals surface area contributed by atoms with Gasteiger partial charge in [0.2, 0.25) is 5.91 Å². The van der Waals surface area contributed by atoms with Crippen molar-refractivity contribution in [2.75, 3.05) is 12.3 Å². The Bertz CT molecular complexity index is 838. The van der Waals surface area contributed by atoms with Crippen LogP contribution in [0, 0.1) is 5.82 Å². The highest BCUT2D eigenvalue weighted by Crippen LogP contribution is 2.31. The molecule has 7 heteroatoms. The van der Waals surface area contributed by atoms with Crippen LogP contribution in [0.5, 0.6) is 11.5 Å². The molecule has 0 aliphatic carbocycles. The lowest BCUT2D eigenvalue weighted by Gasteiger charge is -2.28. The minimum atomic E-state index is -0.935. The number of nitrogens with two attached hydrogens (primary N) is 1. The molecule has 0 radical (unpaired) electrons. The van der Waals surface area contributed by atoms with Crippen LogP contribution in [0.4, 0.5) is 10.1 Å². The number of hydrogen-bond acceptors (Lipinski definition) is 4. The fourth-order valence-corrected chi connectivity index (χ4v) is 2.72. The molecule has 0 bridgehead atoms. The Hall–Kier alpha value is -3.09. The van der Waals surface area contributed by atoms with Crippen molar-refractivity contribution >= 4 is 17.6 Å². The van der Waals surface area contributed by atoms with E-state index in [0.717, 1.165) is 11.1 Å². The highest BCUT2D eigenvalue weighted by Gasteiger charge is 2.23. The van der Waals surface area contributed by atoms with Gasteiger partial charge in [-0.25, -0.2) is 4.39 Å². The van der Waals surface area contributed by atoms with Gasteiger partial charge in [-0.05, 0) is 35.4 Å². The van der Waals surface area contributed by atoms with Crippen LogP contribution in [0.1, 0.15) is 17.5 Å². The number of fused-ring (bicyclic) bond motifs is 1. The summed E-state index contributed by atoms with van der Waals surface area (Å²) in [5.41, 5.74) is 7.33. The molecule has 0 spiro atoms. The molecule has 130 valence electrons. The standard InChI is InChI=1S/C18H17FN2O4/c19-14-2-1-3-15(18(14)20)25-13-5-4-11-10-21(7-6-17(23)24)16(22)9-12(11)8-13/h1-5,8H,6-7,9-10,20H2,(H,23,24). The number of carbonyl (C=O) groups is 2. The van der Waals surface area contributed by atoms with Crippen molar-refractivity contribution in [3.8, 4) is 11.5 Å². The highest BCUT2D eigenvalue weighted by atomic mass is 19.1. The van der Waals surface area contributed by atoms with Gasteiger partial charge < -0.3 is 20.5 Å². The minimum absolute atomic E-state index is 0.0730. The summed E-state index contributed by atoms with van der Waals surface area (Å²) in [5, 5.41) is 8.75. The van der Waals surface area contributed by atoms with Gasteiger partial charge in [-0.15, -0.1) is 0 Å². The zero-order valence-corrected chi connectivity index (χ0v) is 13.4. The van der Waals surface area contributed by atoms with E-state index in [1.54, 1.807) is 18.2 Å². The SMILES string of the molecule is Nc1c(F)cccc1Oc1ccc2c(c1)CC(=O)N(CCC(=O)O)C2. The zero-order chi connectivity index (χ0) is 18.0. The predicted molar refractivity (Wildman–Crippen MR) is 88.7 cm³/mol. The number of carboxylic acids is 1. The summed E-state index contributed by atoms with van der Waals surface area (Å²) in [6, 6.07) is 9.58. The Balaban J connectivity index is 1.77. The Labute approximate surface area is 143 Å². The molecule has 1 aliphatic rings. The molecular formula is C18H17FN2O4. The third-order valence-corrected chi connectivity index (χ3v) is 4.07. The number of rotatable bonds is 5. The summed E-state index contributed by atoms with van der Waals surface area (Å²) >= 11 is 0. The van der Waals surface area contributed by atoms with Crippen molar-refractivity contribution in [1.82, 2.24) is 4.90 Å². The lowest BCUT2D eigenvalue weighted by atomic mass is 9.98. The minimum Gasteiger partial charge on any atom is -0.481 e. The van der Waals surface area contributed by atoms with Crippen LogP contribution in [0.3, 0.4) is 0 Å². The van der Waals surface area contributed by atoms with Gasteiger partial charge in [0.1, 0.15) is 17.3 Å². The van der Waals surface area contributed by atoms with Gasteiger partial charge in [-0.1, -0.05) is 12.1 Å². The van der Waals surface area contributed by atoms with Crippen LogP contribution >= 0.6 is 0 Å². The Morgan fingerprint density at radius 3 is 2.84 bits per heavy atom. The van der Waals surface area contributed by atoms with Gasteiger partial charge in [0, 0.05) is 13.1 Å². The normalized spacial score (nSPS) is 13.5. The largest absolute Gasteiger partial charge is 0.481 e. The molecule has 2 aromatic rings.